The monoisotopic (exact) mass is 247 g/mol. The minimum absolute atomic E-state index is 0.261. The van der Waals surface area contributed by atoms with Gasteiger partial charge in [0.1, 0.15) is 5.75 Å². The lowest BCUT2D eigenvalue weighted by molar-refractivity contribution is 0.0731. The van der Waals surface area contributed by atoms with Gasteiger partial charge < -0.3 is 9.84 Å². The van der Waals surface area contributed by atoms with Crippen LogP contribution in [-0.4, -0.2) is 36.2 Å². The first-order chi connectivity index (χ1) is 8.69. The molecule has 1 aromatic rings. The van der Waals surface area contributed by atoms with Crippen LogP contribution in [0.2, 0.25) is 0 Å². The van der Waals surface area contributed by atoms with Gasteiger partial charge in [0.15, 0.2) is 0 Å². The molecular weight excluding hydrogens is 226 g/mol. The first-order valence-corrected chi connectivity index (χ1v) is 6.78. The molecule has 98 valence electrons. The Morgan fingerprint density at radius 1 is 1.39 bits per heavy atom. The highest BCUT2D eigenvalue weighted by molar-refractivity contribution is 5.41. The zero-order chi connectivity index (χ0) is 12.7. The molecule has 1 heterocycles. The van der Waals surface area contributed by atoms with Gasteiger partial charge in [0.2, 0.25) is 0 Å². The zero-order valence-electron chi connectivity index (χ0n) is 11.1. The minimum atomic E-state index is -0.361. The number of rotatable bonds is 2. The van der Waals surface area contributed by atoms with E-state index in [1.54, 1.807) is 7.11 Å². The topological polar surface area (TPSA) is 32.7 Å². The van der Waals surface area contributed by atoms with E-state index in [-0.39, 0.29) is 12.1 Å². The number of fused-ring (bicyclic) bond motifs is 1. The molecular formula is C15H21NO2. The molecule has 1 aliphatic heterocycles. The predicted octanol–water partition coefficient (Wildman–Crippen LogP) is 2.00. The third kappa shape index (κ3) is 1.91. The molecule has 3 heteroatoms. The minimum Gasteiger partial charge on any atom is -0.497 e. The molecule has 0 spiro atoms. The van der Waals surface area contributed by atoms with Crippen LogP contribution in [0.5, 0.6) is 5.75 Å². The Labute approximate surface area is 108 Å². The van der Waals surface area contributed by atoms with Crippen molar-refractivity contribution in [3.63, 3.8) is 0 Å². The smallest absolute Gasteiger partial charge is 0.119 e. The SMILES string of the molecule is COc1ccc2c(c1)C(O)C(N1CCC(C)C1)C2. The highest BCUT2D eigenvalue weighted by Crippen LogP contribution is 2.38. The molecule has 2 aliphatic rings. The highest BCUT2D eigenvalue weighted by atomic mass is 16.5. The van der Waals surface area contributed by atoms with Crippen LogP contribution in [0.4, 0.5) is 0 Å². The highest BCUT2D eigenvalue weighted by Gasteiger charge is 2.37. The molecule has 0 bridgehead atoms. The molecule has 3 rings (SSSR count). The number of nitrogens with zero attached hydrogens (tertiary/aromatic N) is 1. The summed E-state index contributed by atoms with van der Waals surface area (Å²) in [5, 5.41) is 10.5. The van der Waals surface area contributed by atoms with E-state index in [2.05, 4.69) is 17.9 Å². The second kappa shape index (κ2) is 4.56. The Balaban J connectivity index is 1.82. The van der Waals surface area contributed by atoms with Gasteiger partial charge in [-0.25, -0.2) is 0 Å². The summed E-state index contributed by atoms with van der Waals surface area (Å²) in [7, 11) is 1.67. The maximum atomic E-state index is 10.5. The van der Waals surface area contributed by atoms with Crippen molar-refractivity contribution in [2.75, 3.05) is 20.2 Å². The van der Waals surface area contributed by atoms with E-state index in [0.717, 1.165) is 36.7 Å². The molecule has 3 nitrogen and oxygen atoms in total. The van der Waals surface area contributed by atoms with Crippen LogP contribution in [0.25, 0.3) is 0 Å². The Kier molecular flexibility index (Phi) is 3.04. The van der Waals surface area contributed by atoms with E-state index in [4.69, 9.17) is 4.74 Å². The van der Waals surface area contributed by atoms with Crippen LogP contribution >= 0.6 is 0 Å². The average molecular weight is 247 g/mol. The maximum Gasteiger partial charge on any atom is 0.119 e. The largest absolute Gasteiger partial charge is 0.497 e. The summed E-state index contributed by atoms with van der Waals surface area (Å²) in [6.45, 7) is 4.53. The predicted molar refractivity (Wildman–Crippen MR) is 70.8 cm³/mol. The zero-order valence-corrected chi connectivity index (χ0v) is 11.1. The molecule has 0 saturated carbocycles. The maximum absolute atomic E-state index is 10.5. The molecule has 0 amide bonds. The number of benzene rings is 1. The lowest BCUT2D eigenvalue weighted by Crippen LogP contribution is -2.36. The van der Waals surface area contributed by atoms with E-state index in [0.29, 0.717) is 0 Å². The summed E-state index contributed by atoms with van der Waals surface area (Å²) in [5.74, 6) is 1.60. The first kappa shape index (κ1) is 12.0. The summed E-state index contributed by atoms with van der Waals surface area (Å²) >= 11 is 0. The van der Waals surface area contributed by atoms with Crippen molar-refractivity contribution >= 4 is 0 Å². The fraction of sp³-hybridized carbons (Fsp3) is 0.600. The van der Waals surface area contributed by atoms with Gasteiger partial charge in [0.05, 0.1) is 13.2 Å². The van der Waals surface area contributed by atoms with E-state index in [9.17, 15) is 5.11 Å². The second-order valence-corrected chi connectivity index (χ2v) is 5.67. The van der Waals surface area contributed by atoms with E-state index < -0.39 is 0 Å². The van der Waals surface area contributed by atoms with Crippen LogP contribution < -0.4 is 4.74 Å². The van der Waals surface area contributed by atoms with Crippen LogP contribution in [0, 0.1) is 5.92 Å². The van der Waals surface area contributed by atoms with E-state index in [1.807, 2.05) is 12.1 Å². The third-order valence-corrected chi connectivity index (χ3v) is 4.39. The van der Waals surface area contributed by atoms with Gasteiger partial charge in [-0.2, -0.15) is 0 Å². The number of aliphatic hydroxyl groups excluding tert-OH is 1. The van der Waals surface area contributed by atoms with Gasteiger partial charge in [0, 0.05) is 12.6 Å². The summed E-state index contributed by atoms with van der Waals surface area (Å²) in [6.07, 6.45) is 1.86. The molecule has 1 saturated heterocycles. The average Bonchev–Trinajstić information content (AvgIpc) is 2.94. The van der Waals surface area contributed by atoms with Gasteiger partial charge in [-0.3, -0.25) is 4.90 Å². The number of aliphatic hydroxyl groups is 1. The molecule has 18 heavy (non-hydrogen) atoms. The van der Waals surface area contributed by atoms with Gasteiger partial charge >= 0.3 is 0 Å². The van der Waals surface area contributed by atoms with Crippen LogP contribution in [-0.2, 0) is 6.42 Å². The Bertz CT molecular complexity index is 446. The Morgan fingerprint density at radius 3 is 2.89 bits per heavy atom. The van der Waals surface area contributed by atoms with Crippen molar-refractivity contribution in [3.05, 3.63) is 29.3 Å². The first-order valence-electron chi connectivity index (χ1n) is 6.78. The van der Waals surface area contributed by atoms with Gasteiger partial charge in [0.25, 0.3) is 0 Å². The van der Waals surface area contributed by atoms with E-state index in [1.165, 1.54) is 12.0 Å². The molecule has 1 N–H and O–H groups in total. The van der Waals surface area contributed by atoms with Crippen molar-refractivity contribution in [2.24, 2.45) is 5.92 Å². The van der Waals surface area contributed by atoms with Gasteiger partial charge in [-0.1, -0.05) is 13.0 Å². The summed E-state index contributed by atoms with van der Waals surface area (Å²) < 4.78 is 5.24. The number of ether oxygens (including phenoxy) is 1. The lowest BCUT2D eigenvalue weighted by Gasteiger charge is -2.26. The van der Waals surface area contributed by atoms with Crippen molar-refractivity contribution in [2.45, 2.75) is 31.9 Å². The van der Waals surface area contributed by atoms with Crippen LogP contribution in [0.15, 0.2) is 18.2 Å². The normalized spacial score (nSPS) is 31.6. The van der Waals surface area contributed by atoms with Crippen LogP contribution in [0.3, 0.4) is 0 Å². The second-order valence-electron chi connectivity index (χ2n) is 5.67. The molecule has 1 aliphatic carbocycles. The third-order valence-electron chi connectivity index (χ3n) is 4.39. The summed E-state index contributed by atoms with van der Waals surface area (Å²) in [5.41, 5.74) is 2.33. The summed E-state index contributed by atoms with van der Waals surface area (Å²) in [6, 6.07) is 6.33. The number of likely N-dealkylation sites (tertiary alicyclic amines) is 1. The molecule has 0 aromatic heterocycles. The van der Waals surface area contributed by atoms with Crippen molar-refractivity contribution in [3.8, 4) is 5.75 Å². The molecule has 3 unspecified atom stereocenters. The number of hydrogen-bond acceptors (Lipinski definition) is 3. The standard InChI is InChI=1S/C15H21NO2/c1-10-5-6-16(9-10)14-7-11-3-4-12(18-2)8-13(11)15(14)17/h3-4,8,10,14-15,17H,5-7,9H2,1-2H3. The lowest BCUT2D eigenvalue weighted by atomic mass is 10.1. The van der Waals surface area contributed by atoms with Crippen molar-refractivity contribution < 1.29 is 9.84 Å². The van der Waals surface area contributed by atoms with E-state index >= 15 is 0 Å². The molecule has 3 atom stereocenters. The van der Waals surface area contributed by atoms with Crippen LogP contribution in [0.1, 0.15) is 30.6 Å². The number of methoxy groups -OCH3 is 1. The van der Waals surface area contributed by atoms with Crippen molar-refractivity contribution in [1.29, 1.82) is 0 Å². The fourth-order valence-electron chi connectivity index (χ4n) is 3.30. The Hall–Kier alpha value is -1.06. The Morgan fingerprint density at radius 2 is 2.22 bits per heavy atom. The molecule has 0 radical (unpaired) electrons. The fourth-order valence-corrected chi connectivity index (χ4v) is 3.30. The summed E-state index contributed by atoms with van der Waals surface area (Å²) in [4.78, 5) is 2.45. The van der Waals surface area contributed by atoms with Gasteiger partial charge in [-0.05, 0) is 48.6 Å². The molecule has 1 aromatic carbocycles. The van der Waals surface area contributed by atoms with Gasteiger partial charge in [-0.15, -0.1) is 0 Å². The van der Waals surface area contributed by atoms with Crippen molar-refractivity contribution in [1.82, 2.24) is 4.90 Å². The molecule has 1 fully saturated rings. The quantitative estimate of drug-likeness (QED) is 0.867. The number of hydrogen-bond donors (Lipinski definition) is 1.